The second-order valence-corrected chi connectivity index (χ2v) is 8.41. The summed E-state index contributed by atoms with van der Waals surface area (Å²) in [5.74, 6) is 0.594. The summed E-state index contributed by atoms with van der Waals surface area (Å²) in [6.07, 6.45) is 7.41. The zero-order chi connectivity index (χ0) is 20.1. The zero-order valence-electron chi connectivity index (χ0n) is 17.8. The van der Waals surface area contributed by atoms with Crippen molar-refractivity contribution in [3.8, 4) is 0 Å². The molecule has 4 nitrogen and oxygen atoms in total. The molecule has 0 aliphatic heterocycles. The van der Waals surface area contributed by atoms with E-state index in [1.807, 2.05) is 20.2 Å². The van der Waals surface area contributed by atoms with Crippen LogP contribution >= 0.6 is 12.6 Å². The van der Waals surface area contributed by atoms with E-state index in [-0.39, 0.29) is 0 Å². The van der Waals surface area contributed by atoms with E-state index >= 15 is 0 Å². The van der Waals surface area contributed by atoms with Crippen molar-refractivity contribution >= 4 is 29.7 Å². The lowest BCUT2D eigenvalue weighted by Crippen LogP contribution is -2.38. The third kappa shape index (κ3) is 5.88. The minimum Gasteiger partial charge on any atom is -0.378 e. The van der Waals surface area contributed by atoms with Gasteiger partial charge in [0.05, 0.1) is 5.69 Å². The Labute approximate surface area is 170 Å². The maximum absolute atomic E-state index is 4.80. The molecule has 0 bridgehead atoms. The zero-order valence-corrected chi connectivity index (χ0v) is 18.7. The highest BCUT2D eigenvalue weighted by Crippen LogP contribution is 2.29. The van der Waals surface area contributed by atoms with E-state index in [0.29, 0.717) is 12.0 Å². The number of hydrogen-bond donors (Lipinski definition) is 1. The summed E-state index contributed by atoms with van der Waals surface area (Å²) in [4.78, 5) is 12.4. The monoisotopic (exact) mass is 386 g/mol. The normalized spacial score (nSPS) is 17.8. The molecule has 0 saturated heterocycles. The number of nitrogens with zero attached hydrogens (tertiary/aromatic N) is 4. The van der Waals surface area contributed by atoms with E-state index in [0.717, 1.165) is 34.9 Å². The summed E-state index contributed by atoms with van der Waals surface area (Å²) in [6.45, 7) is 5.70. The smallest absolute Gasteiger partial charge is 0.0767 e. The van der Waals surface area contributed by atoms with Crippen LogP contribution in [0.4, 0.5) is 11.4 Å². The van der Waals surface area contributed by atoms with Gasteiger partial charge in [-0.05, 0) is 57.3 Å². The van der Waals surface area contributed by atoms with Gasteiger partial charge in [-0.3, -0.25) is 4.99 Å². The minimum atomic E-state index is 0.476. The maximum atomic E-state index is 4.80. The Kier molecular flexibility index (Phi) is 7.57. The number of thiol groups is 1. The molecule has 2 rings (SSSR count). The standard InChI is InChI=1S/C22H34N4S/c1-16(15-24(3)4)17(2)26(7)19-10-8-18(9-11-19)23-21-13-12-20(25(5)6)14-22(21)27/h8,10-14,16-17,27H,9,15H2,1-7H3. The van der Waals surface area contributed by atoms with Crippen LogP contribution in [0.3, 0.4) is 0 Å². The van der Waals surface area contributed by atoms with Gasteiger partial charge in [0.2, 0.25) is 0 Å². The van der Waals surface area contributed by atoms with Gasteiger partial charge in [0.25, 0.3) is 0 Å². The quantitative estimate of drug-likeness (QED) is 0.699. The molecule has 0 amide bonds. The van der Waals surface area contributed by atoms with Crippen LogP contribution in [0, 0.1) is 5.92 Å². The number of aliphatic imine (C=N–C) groups is 1. The molecule has 0 spiro atoms. The lowest BCUT2D eigenvalue weighted by molar-refractivity contribution is 0.210. The van der Waals surface area contributed by atoms with Gasteiger partial charge in [-0.15, -0.1) is 12.6 Å². The molecule has 2 unspecified atom stereocenters. The highest BCUT2D eigenvalue weighted by atomic mass is 32.1. The van der Waals surface area contributed by atoms with E-state index in [1.54, 1.807) is 0 Å². The Morgan fingerprint density at radius 3 is 2.30 bits per heavy atom. The molecular formula is C22H34N4S. The predicted molar refractivity (Wildman–Crippen MR) is 122 cm³/mol. The van der Waals surface area contributed by atoms with Gasteiger partial charge in [-0.25, -0.2) is 0 Å². The number of rotatable bonds is 7. The van der Waals surface area contributed by atoms with Gasteiger partial charge in [0.15, 0.2) is 0 Å². The summed E-state index contributed by atoms with van der Waals surface area (Å²) in [5, 5.41) is 0. The van der Waals surface area contributed by atoms with Crippen molar-refractivity contribution in [1.82, 2.24) is 9.80 Å². The summed E-state index contributed by atoms with van der Waals surface area (Å²) >= 11 is 4.60. The average Bonchev–Trinajstić information content (AvgIpc) is 2.62. The van der Waals surface area contributed by atoms with E-state index in [2.05, 4.69) is 92.7 Å². The first-order valence-electron chi connectivity index (χ1n) is 9.52. The maximum Gasteiger partial charge on any atom is 0.0767 e. The van der Waals surface area contributed by atoms with Crippen molar-refractivity contribution in [2.75, 3.05) is 46.7 Å². The van der Waals surface area contributed by atoms with E-state index in [9.17, 15) is 0 Å². The molecule has 0 N–H and O–H groups in total. The van der Waals surface area contributed by atoms with Crippen LogP contribution in [-0.4, -0.2) is 63.3 Å². The summed E-state index contributed by atoms with van der Waals surface area (Å²) in [7, 11) is 10.5. The fourth-order valence-electron chi connectivity index (χ4n) is 3.26. The Bertz CT molecular complexity index is 734. The van der Waals surface area contributed by atoms with Crippen LogP contribution in [0.1, 0.15) is 20.3 Å². The Balaban J connectivity index is 2.06. The van der Waals surface area contributed by atoms with Crippen LogP contribution < -0.4 is 4.90 Å². The van der Waals surface area contributed by atoms with Crippen molar-refractivity contribution in [3.63, 3.8) is 0 Å². The number of allylic oxidation sites excluding steroid dienone is 3. The van der Waals surface area contributed by atoms with Crippen molar-refractivity contribution in [1.29, 1.82) is 0 Å². The fourth-order valence-corrected chi connectivity index (χ4v) is 3.51. The van der Waals surface area contributed by atoms with Crippen LogP contribution in [0.2, 0.25) is 0 Å². The molecule has 1 aromatic carbocycles. The highest BCUT2D eigenvalue weighted by Gasteiger charge is 2.19. The van der Waals surface area contributed by atoms with E-state index < -0.39 is 0 Å². The van der Waals surface area contributed by atoms with Crippen molar-refractivity contribution < 1.29 is 0 Å². The molecule has 27 heavy (non-hydrogen) atoms. The van der Waals surface area contributed by atoms with Gasteiger partial charge in [0.1, 0.15) is 0 Å². The Morgan fingerprint density at radius 1 is 1.07 bits per heavy atom. The third-order valence-corrected chi connectivity index (χ3v) is 5.56. The number of anilines is 1. The first-order chi connectivity index (χ1) is 12.7. The first kappa shape index (κ1) is 21.6. The van der Waals surface area contributed by atoms with Gasteiger partial charge in [-0.1, -0.05) is 13.0 Å². The molecule has 0 heterocycles. The Morgan fingerprint density at radius 2 is 1.78 bits per heavy atom. The minimum absolute atomic E-state index is 0.476. The second-order valence-electron chi connectivity index (χ2n) is 7.93. The van der Waals surface area contributed by atoms with Crippen molar-refractivity contribution in [2.45, 2.75) is 31.2 Å². The molecule has 0 aromatic heterocycles. The lowest BCUT2D eigenvalue weighted by atomic mass is 10.00. The van der Waals surface area contributed by atoms with E-state index in [1.165, 1.54) is 5.70 Å². The number of likely N-dealkylation sites (N-methyl/N-ethyl adjacent to an activating group) is 1. The average molecular weight is 387 g/mol. The van der Waals surface area contributed by atoms with Crippen LogP contribution in [-0.2, 0) is 0 Å². The molecule has 148 valence electrons. The van der Waals surface area contributed by atoms with Crippen molar-refractivity contribution in [3.05, 3.63) is 42.1 Å². The largest absolute Gasteiger partial charge is 0.378 e. The van der Waals surface area contributed by atoms with Crippen LogP contribution in [0.25, 0.3) is 0 Å². The fraction of sp³-hybridized carbons (Fsp3) is 0.500. The van der Waals surface area contributed by atoms with Crippen LogP contribution in [0.15, 0.2) is 52.0 Å². The summed E-state index contributed by atoms with van der Waals surface area (Å²) in [6, 6.07) is 6.64. The van der Waals surface area contributed by atoms with Crippen LogP contribution in [0.5, 0.6) is 0 Å². The summed E-state index contributed by atoms with van der Waals surface area (Å²) < 4.78 is 0. The molecule has 0 fully saturated rings. The number of hydrogen-bond acceptors (Lipinski definition) is 5. The second kappa shape index (κ2) is 9.47. The molecule has 0 radical (unpaired) electrons. The Hall–Kier alpha value is -1.72. The summed E-state index contributed by atoms with van der Waals surface area (Å²) in [5.41, 5.74) is 4.38. The molecule has 0 saturated carbocycles. The molecule has 1 aromatic rings. The van der Waals surface area contributed by atoms with Gasteiger partial charge in [0, 0.05) is 62.1 Å². The SMILES string of the molecule is CC(CN(C)C)C(C)N(C)C1=CCC(=Nc2ccc(N(C)C)cc2S)C=C1. The third-order valence-electron chi connectivity index (χ3n) is 5.20. The molecular weight excluding hydrogens is 352 g/mol. The molecule has 1 aliphatic rings. The molecule has 1 aliphatic carbocycles. The van der Waals surface area contributed by atoms with Crippen molar-refractivity contribution in [2.24, 2.45) is 10.9 Å². The first-order valence-corrected chi connectivity index (χ1v) is 9.97. The highest BCUT2D eigenvalue weighted by molar-refractivity contribution is 7.80. The van der Waals surface area contributed by atoms with Gasteiger partial charge < -0.3 is 14.7 Å². The predicted octanol–water partition coefficient (Wildman–Crippen LogP) is 4.48. The molecule has 5 heteroatoms. The molecule has 2 atom stereocenters. The van der Waals surface area contributed by atoms with Gasteiger partial charge in [-0.2, -0.15) is 0 Å². The van der Waals surface area contributed by atoms with Gasteiger partial charge >= 0.3 is 0 Å². The van der Waals surface area contributed by atoms with E-state index in [4.69, 9.17) is 4.99 Å². The lowest BCUT2D eigenvalue weighted by Gasteiger charge is -2.34. The topological polar surface area (TPSA) is 22.1 Å². The number of benzene rings is 1.